The van der Waals surface area contributed by atoms with Crippen LogP contribution in [0.3, 0.4) is 0 Å². The van der Waals surface area contributed by atoms with E-state index in [4.69, 9.17) is 10.5 Å². The number of H-pyrrole nitrogens is 2. The summed E-state index contributed by atoms with van der Waals surface area (Å²) < 4.78 is 0. The van der Waals surface area contributed by atoms with Gasteiger partial charge in [-0.2, -0.15) is 10.5 Å². The molecule has 20 heavy (non-hydrogen) atoms. The topological polar surface area (TPSA) is 116 Å². The number of rotatable bonds is 3. The molecule has 0 aliphatic carbocycles. The van der Waals surface area contributed by atoms with Crippen molar-refractivity contribution in [2.75, 3.05) is 0 Å². The average Bonchev–Trinajstić information content (AvgIpc) is 2.76. The second-order valence-electron chi connectivity index (χ2n) is 4.43. The van der Waals surface area contributed by atoms with Crippen LogP contribution < -0.4 is 5.56 Å². The van der Waals surface area contributed by atoms with Crippen LogP contribution in [0.25, 0.3) is 0 Å². The summed E-state index contributed by atoms with van der Waals surface area (Å²) in [6, 6.07) is 10.0. The molecule has 0 aliphatic rings. The summed E-state index contributed by atoms with van der Waals surface area (Å²) in [6.07, 6.45) is 0. The number of phenols is 1. The van der Waals surface area contributed by atoms with Gasteiger partial charge in [-0.1, -0.05) is 12.1 Å². The molecule has 0 amide bonds. The Bertz CT molecular complexity index is 746. The number of nitrogens with zero attached hydrogens (tertiary/aromatic N) is 2. The van der Waals surface area contributed by atoms with Crippen LogP contribution in [0.1, 0.15) is 22.7 Å². The number of nitriles is 2. The highest BCUT2D eigenvalue weighted by atomic mass is 16.3. The summed E-state index contributed by atoms with van der Waals surface area (Å²) in [7, 11) is 0. The number of aromatic hydroxyl groups is 1. The minimum Gasteiger partial charge on any atom is -0.508 e. The maximum atomic E-state index is 11.9. The van der Waals surface area contributed by atoms with Crippen molar-refractivity contribution in [1.82, 2.24) is 10.2 Å². The Kier molecular flexibility index (Phi) is 3.58. The highest BCUT2D eigenvalue weighted by Gasteiger charge is 2.29. The number of nitrogens with one attached hydrogen (secondary N) is 2. The van der Waals surface area contributed by atoms with E-state index in [2.05, 4.69) is 10.2 Å². The quantitative estimate of drug-likeness (QED) is 0.782. The largest absolute Gasteiger partial charge is 0.508 e. The predicted molar refractivity (Wildman–Crippen MR) is 70.8 cm³/mol. The first kappa shape index (κ1) is 13.4. The van der Waals surface area contributed by atoms with Gasteiger partial charge in [0.1, 0.15) is 11.7 Å². The summed E-state index contributed by atoms with van der Waals surface area (Å²) in [4.78, 5) is 11.9. The van der Waals surface area contributed by atoms with Gasteiger partial charge in [-0.05, 0) is 24.6 Å². The zero-order valence-corrected chi connectivity index (χ0v) is 10.7. The number of aromatic nitrogens is 2. The molecule has 1 aromatic heterocycles. The van der Waals surface area contributed by atoms with Gasteiger partial charge >= 0.3 is 0 Å². The highest BCUT2D eigenvalue weighted by Crippen LogP contribution is 2.32. The molecule has 0 bridgehead atoms. The lowest BCUT2D eigenvalue weighted by atomic mass is 9.82. The lowest BCUT2D eigenvalue weighted by molar-refractivity contribution is 0.473. The first-order valence-electron chi connectivity index (χ1n) is 5.93. The van der Waals surface area contributed by atoms with Crippen LogP contribution >= 0.6 is 0 Å². The van der Waals surface area contributed by atoms with Crippen LogP contribution in [0.15, 0.2) is 29.1 Å². The molecule has 2 rings (SSSR count). The van der Waals surface area contributed by atoms with Gasteiger partial charge in [0.05, 0.1) is 12.1 Å². The number of hydrogen-bond acceptors (Lipinski definition) is 4. The fourth-order valence-corrected chi connectivity index (χ4v) is 2.25. The van der Waals surface area contributed by atoms with Crippen molar-refractivity contribution < 1.29 is 5.11 Å². The highest BCUT2D eigenvalue weighted by molar-refractivity contribution is 5.40. The zero-order valence-electron chi connectivity index (χ0n) is 10.7. The Morgan fingerprint density at radius 1 is 1.25 bits per heavy atom. The van der Waals surface area contributed by atoms with Gasteiger partial charge in [-0.25, -0.2) is 0 Å². The van der Waals surface area contributed by atoms with Gasteiger partial charge in [0.15, 0.2) is 0 Å². The third-order valence-corrected chi connectivity index (χ3v) is 3.16. The average molecular weight is 268 g/mol. The van der Waals surface area contributed by atoms with Gasteiger partial charge in [0, 0.05) is 17.2 Å². The molecule has 0 aliphatic heterocycles. The van der Waals surface area contributed by atoms with E-state index in [1.807, 2.05) is 12.1 Å². The first-order chi connectivity index (χ1) is 9.58. The Morgan fingerprint density at radius 3 is 2.45 bits per heavy atom. The molecule has 6 heteroatoms. The van der Waals surface area contributed by atoms with E-state index in [1.54, 1.807) is 19.1 Å². The maximum Gasteiger partial charge on any atom is 0.268 e. The van der Waals surface area contributed by atoms with Gasteiger partial charge in [-0.15, -0.1) is 0 Å². The lowest BCUT2D eigenvalue weighted by Gasteiger charge is -2.17. The van der Waals surface area contributed by atoms with Crippen molar-refractivity contribution in [1.29, 1.82) is 10.5 Å². The second kappa shape index (κ2) is 5.33. The first-order valence-corrected chi connectivity index (χ1v) is 5.93. The summed E-state index contributed by atoms with van der Waals surface area (Å²) in [6.45, 7) is 1.69. The van der Waals surface area contributed by atoms with Crippen LogP contribution in [0.4, 0.5) is 0 Å². The molecule has 1 heterocycles. The van der Waals surface area contributed by atoms with E-state index < -0.39 is 11.8 Å². The molecule has 6 nitrogen and oxygen atoms in total. The maximum absolute atomic E-state index is 11.9. The fourth-order valence-electron chi connectivity index (χ4n) is 2.25. The number of phenolic OH excluding ortho intramolecular Hbond substituents is 1. The standard InChI is InChI=1S/C14H12N4O2/c1-8-12(14(20)18-17-8)13(10(6-15)7-16)9-3-2-4-11(19)5-9/h2-5,10,13,19H,1H3,(H2,17,18,20)/t13-/m0/s1. The summed E-state index contributed by atoms with van der Waals surface area (Å²) >= 11 is 0. The summed E-state index contributed by atoms with van der Waals surface area (Å²) in [5.74, 6) is -1.72. The molecule has 2 aromatic rings. The smallest absolute Gasteiger partial charge is 0.268 e. The molecule has 0 unspecified atom stereocenters. The molecule has 3 N–H and O–H groups in total. The molecular weight excluding hydrogens is 256 g/mol. The van der Waals surface area contributed by atoms with Crippen LogP contribution in [-0.2, 0) is 0 Å². The molecular formula is C14H12N4O2. The van der Waals surface area contributed by atoms with Gasteiger partial charge in [0.2, 0.25) is 0 Å². The Morgan fingerprint density at radius 2 is 1.95 bits per heavy atom. The van der Waals surface area contributed by atoms with Crippen molar-refractivity contribution in [3.63, 3.8) is 0 Å². The van der Waals surface area contributed by atoms with E-state index in [0.717, 1.165) is 0 Å². The Labute approximate surface area is 114 Å². The number of aromatic amines is 2. The molecule has 0 radical (unpaired) electrons. The van der Waals surface area contributed by atoms with Gasteiger partial charge in [0.25, 0.3) is 5.56 Å². The summed E-state index contributed by atoms with van der Waals surface area (Å²) in [5.41, 5.74) is 1.08. The van der Waals surface area contributed by atoms with Gasteiger partial charge < -0.3 is 10.2 Å². The monoisotopic (exact) mass is 268 g/mol. The number of aryl methyl sites for hydroxylation is 1. The van der Waals surface area contributed by atoms with E-state index in [1.165, 1.54) is 12.1 Å². The second-order valence-corrected chi connectivity index (χ2v) is 4.43. The molecule has 0 saturated carbocycles. The van der Waals surface area contributed by atoms with Crippen molar-refractivity contribution in [2.45, 2.75) is 12.8 Å². The fraction of sp³-hybridized carbons (Fsp3) is 0.214. The normalized spacial score (nSPS) is 11.8. The van der Waals surface area contributed by atoms with Crippen LogP contribution in [-0.4, -0.2) is 15.3 Å². The molecule has 0 fully saturated rings. The minimum atomic E-state index is -1.02. The third kappa shape index (κ3) is 2.27. The SMILES string of the molecule is Cc1[nH][nH]c(=O)c1[C@@H](c1cccc(O)c1)C(C#N)C#N. The number of hydrogen-bond donors (Lipinski definition) is 3. The Hall–Kier alpha value is -2.99. The van der Waals surface area contributed by atoms with Crippen molar-refractivity contribution in [2.24, 2.45) is 5.92 Å². The van der Waals surface area contributed by atoms with E-state index in [0.29, 0.717) is 16.8 Å². The Balaban J connectivity index is 2.67. The predicted octanol–water partition coefficient (Wildman–Crippen LogP) is 1.51. The molecule has 0 saturated heterocycles. The van der Waals surface area contributed by atoms with E-state index in [9.17, 15) is 9.90 Å². The molecule has 0 spiro atoms. The zero-order chi connectivity index (χ0) is 14.7. The van der Waals surface area contributed by atoms with Crippen molar-refractivity contribution in [3.05, 3.63) is 51.4 Å². The van der Waals surface area contributed by atoms with Crippen molar-refractivity contribution in [3.8, 4) is 17.9 Å². The minimum absolute atomic E-state index is 0.0201. The molecule has 1 aromatic carbocycles. The summed E-state index contributed by atoms with van der Waals surface area (Å²) in [5, 5.41) is 33.0. The molecule has 1 atom stereocenters. The van der Waals surface area contributed by atoms with Crippen LogP contribution in [0.5, 0.6) is 5.75 Å². The molecule has 100 valence electrons. The third-order valence-electron chi connectivity index (χ3n) is 3.16. The van der Waals surface area contributed by atoms with Crippen LogP contribution in [0, 0.1) is 35.5 Å². The van der Waals surface area contributed by atoms with E-state index in [-0.39, 0.29) is 11.3 Å². The van der Waals surface area contributed by atoms with E-state index >= 15 is 0 Å². The van der Waals surface area contributed by atoms with Crippen molar-refractivity contribution >= 4 is 0 Å². The number of benzene rings is 1. The van der Waals surface area contributed by atoms with Crippen LogP contribution in [0.2, 0.25) is 0 Å². The van der Waals surface area contributed by atoms with Gasteiger partial charge in [-0.3, -0.25) is 9.89 Å². The lowest BCUT2D eigenvalue weighted by Crippen LogP contribution is -2.19.